The topological polar surface area (TPSA) is 9.72 Å². The number of fused-ring (bicyclic) bond motifs is 7. The van der Waals surface area contributed by atoms with Gasteiger partial charge in [0.1, 0.15) is 0 Å². The minimum atomic E-state index is -0.623. The van der Waals surface area contributed by atoms with Crippen LogP contribution in [0, 0.1) is 0 Å². The molecule has 0 fully saturated rings. The van der Waals surface area contributed by atoms with E-state index in [-0.39, 0.29) is 34.6 Å². The lowest BCUT2D eigenvalue weighted by atomic mass is 9.33. The zero-order valence-electron chi connectivity index (χ0n) is 43.5. The van der Waals surface area contributed by atoms with Gasteiger partial charge in [0.2, 0.25) is 0 Å². The van der Waals surface area contributed by atoms with Crippen molar-refractivity contribution in [3.05, 3.63) is 205 Å². The maximum Gasteiger partial charge on any atom is 0.252 e. The molecule has 2 heterocycles. The van der Waals surface area contributed by atoms with Gasteiger partial charge >= 0.3 is 0 Å². The Morgan fingerprint density at radius 2 is 1.10 bits per heavy atom. The van der Waals surface area contributed by atoms with Crippen molar-refractivity contribution in [1.82, 2.24) is 0 Å². The number of hydrogen-bond acceptors (Lipinski definition) is 3. The van der Waals surface area contributed by atoms with Gasteiger partial charge in [0.05, 0.1) is 13.7 Å². The zero-order chi connectivity index (χ0) is 48.7. The molecule has 0 radical (unpaired) electrons. The van der Waals surface area contributed by atoms with Crippen molar-refractivity contribution in [3.63, 3.8) is 0 Å². The molecule has 0 saturated heterocycles. The number of para-hydroxylation sites is 4. The van der Waals surface area contributed by atoms with Crippen molar-refractivity contribution in [1.29, 1.82) is 0 Å². The van der Waals surface area contributed by atoms with Crippen molar-refractivity contribution < 1.29 is 13.7 Å². The van der Waals surface area contributed by atoms with Gasteiger partial charge in [-0.25, -0.2) is 0 Å². The van der Waals surface area contributed by atoms with E-state index in [9.17, 15) is 5.48 Å². The summed E-state index contributed by atoms with van der Waals surface area (Å²) < 4.78 is 88.9. The average Bonchev–Trinajstić information content (AvgIpc) is 3.57. The Bertz CT molecular complexity index is 3390. The number of hydrogen-bond donors (Lipinski definition) is 0. The second-order valence-corrected chi connectivity index (χ2v) is 17.1. The first kappa shape index (κ1) is 26.3. The van der Waals surface area contributed by atoms with Crippen molar-refractivity contribution in [2.45, 2.75) is 45.4 Å². The van der Waals surface area contributed by atoms with Gasteiger partial charge in [0, 0.05) is 56.6 Å². The monoisotopic (exact) mass is 769 g/mol. The normalized spacial score (nSPS) is 16.6. The third kappa shape index (κ3) is 5.43. The number of anilines is 9. The molecule has 0 N–H and O–H groups in total. The second kappa shape index (κ2) is 13.1. The third-order valence-electron chi connectivity index (χ3n) is 12.3. The Morgan fingerprint density at radius 3 is 1.80 bits per heavy atom. The molecule has 0 unspecified atom stereocenters. The Morgan fingerprint density at radius 1 is 0.508 bits per heavy atom. The van der Waals surface area contributed by atoms with E-state index in [1.165, 1.54) is 16.0 Å². The summed E-state index contributed by atoms with van der Waals surface area (Å²) in [5, 5.41) is 0. The number of rotatable bonds is 5. The molecule has 59 heavy (non-hydrogen) atoms. The predicted octanol–water partition coefficient (Wildman–Crippen LogP) is 12.8. The van der Waals surface area contributed by atoms with Crippen molar-refractivity contribution in [2.75, 3.05) is 14.7 Å². The van der Waals surface area contributed by atoms with Crippen LogP contribution < -0.4 is 31.1 Å². The summed E-state index contributed by atoms with van der Waals surface area (Å²) >= 11 is 0. The van der Waals surface area contributed by atoms with E-state index in [1.54, 1.807) is 6.07 Å². The smallest absolute Gasteiger partial charge is 0.252 e. The molecule has 8 aromatic rings. The second-order valence-electron chi connectivity index (χ2n) is 17.1. The predicted molar refractivity (Wildman–Crippen MR) is 251 cm³/mol. The van der Waals surface area contributed by atoms with E-state index >= 15 is 0 Å². The van der Waals surface area contributed by atoms with Crippen molar-refractivity contribution in [2.24, 2.45) is 0 Å². The standard InChI is InChI=1S/C55H46BN3/c1-54(2,3)37-33-51-53-52(34-37)59(41-29-31-44-43-25-15-16-26-45(43)55(4,5)46(44)35-41)50-36-42(57(38-19-9-6-10-20-38)39-21-11-7-12-22-39)30-32-48(50)56(53)47-27-17-18-28-49(47)58(51)40-23-13-8-14-24-40/h6-36H,1-5H3/i6D,7D,9D,10D,11D,12D,19D,20D,21D,22D. The first-order valence-corrected chi connectivity index (χ1v) is 20.1. The molecule has 2 aliphatic heterocycles. The first-order chi connectivity index (χ1) is 32.8. The highest BCUT2D eigenvalue weighted by molar-refractivity contribution is 7.00. The van der Waals surface area contributed by atoms with Crippen LogP contribution in [0.15, 0.2) is 188 Å². The Kier molecular flexibility index (Phi) is 5.84. The van der Waals surface area contributed by atoms with Crippen LogP contribution in [0.25, 0.3) is 11.1 Å². The van der Waals surface area contributed by atoms with E-state index in [1.807, 2.05) is 30.3 Å². The lowest BCUT2D eigenvalue weighted by molar-refractivity contribution is 0.590. The molecular formula is C55H46BN3. The summed E-state index contributed by atoms with van der Waals surface area (Å²) in [6.07, 6.45) is 0. The van der Waals surface area contributed by atoms with Crippen LogP contribution in [0.5, 0.6) is 0 Å². The lowest BCUT2D eigenvalue weighted by Gasteiger charge is -2.45. The Hall–Kier alpha value is -6.78. The molecule has 284 valence electrons. The Balaban J connectivity index is 1.27. The van der Waals surface area contributed by atoms with E-state index in [0.29, 0.717) is 5.69 Å². The lowest BCUT2D eigenvalue weighted by Crippen LogP contribution is -2.61. The maximum absolute atomic E-state index is 9.24. The number of benzene rings is 8. The van der Waals surface area contributed by atoms with Gasteiger partial charge in [-0.3, -0.25) is 0 Å². The van der Waals surface area contributed by atoms with Crippen LogP contribution in [0.4, 0.5) is 51.2 Å². The van der Waals surface area contributed by atoms with Crippen LogP contribution in [-0.2, 0) is 10.8 Å². The highest BCUT2D eigenvalue weighted by Crippen LogP contribution is 2.52. The average molecular weight is 770 g/mol. The molecule has 0 aromatic heterocycles. The molecule has 3 aliphatic rings. The van der Waals surface area contributed by atoms with Gasteiger partial charge in [0.15, 0.2) is 0 Å². The van der Waals surface area contributed by atoms with Gasteiger partial charge in [-0.05, 0) is 128 Å². The van der Waals surface area contributed by atoms with Crippen LogP contribution in [-0.4, -0.2) is 6.71 Å². The van der Waals surface area contributed by atoms with E-state index < -0.39 is 60.4 Å². The molecule has 0 bridgehead atoms. The quantitative estimate of drug-likeness (QED) is 0.161. The summed E-state index contributed by atoms with van der Waals surface area (Å²) in [6, 6.07) is 38.0. The van der Waals surface area contributed by atoms with Gasteiger partial charge in [-0.15, -0.1) is 0 Å². The van der Waals surface area contributed by atoms with Crippen LogP contribution in [0.1, 0.15) is 65.0 Å². The van der Waals surface area contributed by atoms with Crippen molar-refractivity contribution in [3.8, 4) is 11.1 Å². The fourth-order valence-electron chi connectivity index (χ4n) is 9.55. The molecule has 0 saturated carbocycles. The fraction of sp³-hybridized carbons (Fsp3) is 0.127. The van der Waals surface area contributed by atoms with E-state index in [0.717, 1.165) is 61.5 Å². The highest BCUT2D eigenvalue weighted by atomic mass is 15.2. The van der Waals surface area contributed by atoms with Gasteiger partial charge in [-0.1, -0.05) is 144 Å². The van der Waals surface area contributed by atoms with Gasteiger partial charge in [0.25, 0.3) is 6.71 Å². The number of nitrogens with zero attached hydrogens (tertiary/aromatic N) is 3. The minimum absolute atomic E-state index is 0.232. The molecule has 4 heteroatoms. The summed E-state index contributed by atoms with van der Waals surface area (Å²) in [4.78, 5) is 5.85. The summed E-state index contributed by atoms with van der Waals surface area (Å²) in [6.45, 7) is 10.8. The van der Waals surface area contributed by atoms with Crippen LogP contribution in [0.3, 0.4) is 0 Å². The largest absolute Gasteiger partial charge is 0.311 e. The maximum atomic E-state index is 9.24. The molecule has 8 aromatic carbocycles. The molecule has 0 atom stereocenters. The molecule has 11 rings (SSSR count). The molecule has 0 amide bonds. The van der Waals surface area contributed by atoms with Gasteiger partial charge < -0.3 is 14.7 Å². The summed E-state index contributed by atoms with van der Waals surface area (Å²) in [5.41, 5.74) is 13.3. The third-order valence-corrected chi connectivity index (χ3v) is 12.3. The summed E-state index contributed by atoms with van der Waals surface area (Å²) in [5.74, 6) is 0. The zero-order valence-corrected chi connectivity index (χ0v) is 33.5. The van der Waals surface area contributed by atoms with Crippen molar-refractivity contribution >= 4 is 74.3 Å². The van der Waals surface area contributed by atoms with Crippen LogP contribution >= 0.6 is 0 Å². The SMILES string of the molecule is [2H]c1c([2H])c([2H])c(N(c2ccc3c(c2)N(c2ccc4c(c2)C(C)(C)c2ccccc2-4)c2cc(C(C)(C)C)cc4c2B3c2ccccc2N4c2ccccc2)c2c([2H])c([2H])c([2H])c([2H])c2[2H])c([2H])c1[2H]. The molecule has 1 aliphatic carbocycles. The minimum Gasteiger partial charge on any atom is -0.311 e. The molecular weight excluding hydrogens is 713 g/mol. The van der Waals surface area contributed by atoms with E-state index in [4.69, 9.17) is 8.22 Å². The molecule has 3 nitrogen and oxygen atoms in total. The Labute approximate surface area is 363 Å². The van der Waals surface area contributed by atoms with Crippen LogP contribution in [0.2, 0.25) is 0 Å². The summed E-state index contributed by atoms with van der Waals surface area (Å²) in [7, 11) is 0. The fourth-order valence-corrected chi connectivity index (χ4v) is 9.55. The molecule has 0 spiro atoms. The van der Waals surface area contributed by atoms with Gasteiger partial charge in [-0.2, -0.15) is 0 Å². The highest BCUT2D eigenvalue weighted by Gasteiger charge is 2.45. The first-order valence-electron chi connectivity index (χ1n) is 25.1. The van der Waals surface area contributed by atoms with E-state index in [2.05, 4.69) is 135 Å².